The lowest BCUT2D eigenvalue weighted by Crippen LogP contribution is -2.45. The molecule has 3 unspecified atom stereocenters. The van der Waals surface area contributed by atoms with Crippen molar-refractivity contribution in [2.45, 2.75) is 219 Å². The van der Waals surface area contributed by atoms with Crippen LogP contribution in [0.4, 0.5) is 0 Å². The van der Waals surface area contributed by atoms with E-state index in [-0.39, 0.29) is 25.7 Å². The van der Waals surface area contributed by atoms with Gasteiger partial charge in [-0.05, 0) is 57.8 Å². The molecule has 0 aliphatic carbocycles. The number of unbranched alkanes of at least 4 members (excludes halogenated alkanes) is 24. The SMILES string of the molecule is CCCCC/C=C\C/C=C\C/C=C\CCCCCCCCC(=O)NC(COP(=O)(O)OCCN)C(O)/C=C/CCCCCCCCCCCCCCCCC. The smallest absolute Gasteiger partial charge is 0.387 e. The zero-order chi connectivity index (χ0) is 40.3. The van der Waals surface area contributed by atoms with Crippen molar-refractivity contribution >= 4 is 13.7 Å². The van der Waals surface area contributed by atoms with Gasteiger partial charge in [-0.25, -0.2) is 4.57 Å². The van der Waals surface area contributed by atoms with Gasteiger partial charge in [0.05, 0.1) is 25.4 Å². The molecule has 322 valence electrons. The normalized spacial score (nSPS) is 14.5. The van der Waals surface area contributed by atoms with E-state index in [1.807, 2.05) is 6.08 Å². The Balaban J connectivity index is 4.23. The largest absolute Gasteiger partial charge is 0.472 e. The third kappa shape index (κ3) is 40.5. The molecule has 0 heterocycles. The molecular formula is C46H87N2O6P. The summed E-state index contributed by atoms with van der Waals surface area (Å²) in [7, 11) is -4.34. The molecule has 0 fully saturated rings. The first-order valence-corrected chi connectivity index (χ1v) is 24.3. The molecule has 0 rings (SSSR count). The van der Waals surface area contributed by atoms with Crippen LogP contribution in [0.15, 0.2) is 48.6 Å². The number of nitrogens with two attached hydrogens (primary N) is 1. The number of amides is 1. The van der Waals surface area contributed by atoms with Gasteiger partial charge in [-0.15, -0.1) is 0 Å². The Morgan fingerprint density at radius 2 is 1.00 bits per heavy atom. The number of phosphoric ester groups is 1. The number of hydrogen-bond donors (Lipinski definition) is 4. The minimum Gasteiger partial charge on any atom is -0.387 e. The van der Waals surface area contributed by atoms with Gasteiger partial charge in [-0.3, -0.25) is 13.8 Å². The minimum absolute atomic E-state index is 0.0748. The van der Waals surface area contributed by atoms with Crippen LogP contribution < -0.4 is 11.1 Å². The number of carbonyl (C=O) groups is 1. The number of nitrogens with one attached hydrogen (secondary N) is 1. The maximum Gasteiger partial charge on any atom is 0.472 e. The molecule has 9 heteroatoms. The number of allylic oxidation sites excluding steroid dienone is 7. The second-order valence-corrected chi connectivity index (χ2v) is 16.7. The topological polar surface area (TPSA) is 131 Å². The van der Waals surface area contributed by atoms with E-state index in [1.165, 1.54) is 122 Å². The van der Waals surface area contributed by atoms with Crippen LogP contribution in [0.25, 0.3) is 0 Å². The highest BCUT2D eigenvalue weighted by Crippen LogP contribution is 2.43. The molecule has 1 amide bonds. The first kappa shape index (κ1) is 53.5. The Hall–Kier alpha value is -1.54. The van der Waals surface area contributed by atoms with Crippen LogP contribution in [-0.4, -0.2) is 47.8 Å². The van der Waals surface area contributed by atoms with Crippen molar-refractivity contribution in [3.63, 3.8) is 0 Å². The van der Waals surface area contributed by atoms with Crippen LogP contribution in [0.3, 0.4) is 0 Å². The van der Waals surface area contributed by atoms with Crippen LogP contribution in [0.5, 0.6) is 0 Å². The van der Waals surface area contributed by atoms with Crippen LogP contribution in [0.1, 0.15) is 206 Å². The number of phosphoric acid groups is 1. The van der Waals surface area contributed by atoms with E-state index in [2.05, 4.69) is 55.6 Å². The van der Waals surface area contributed by atoms with Gasteiger partial charge in [0.2, 0.25) is 5.91 Å². The van der Waals surface area contributed by atoms with Gasteiger partial charge in [-0.2, -0.15) is 0 Å². The van der Waals surface area contributed by atoms with E-state index in [1.54, 1.807) is 6.08 Å². The van der Waals surface area contributed by atoms with E-state index < -0.39 is 20.0 Å². The molecule has 0 aromatic rings. The first-order chi connectivity index (χ1) is 26.9. The lowest BCUT2D eigenvalue weighted by molar-refractivity contribution is -0.123. The summed E-state index contributed by atoms with van der Waals surface area (Å²) in [4.78, 5) is 22.7. The van der Waals surface area contributed by atoms with Gasteiger partial charge < -0.3 is 21.1 Å². The summed E-state index contributed by atoms with van der Waals surface area (Å²) in [5, 5.41) is 13.7. The third-order valence-corrected chi connectivity index (χ3v) is 10.9. The second-order valence-electron chi connectivity index (χ2n) is 15.3. The van der Waals surface area contributed by atoms with Gasteiger partial charge in [0.1, 0.15) is 0 Å². The molecule has 0 spiro atoms. The Morgan fingerprint density at radius 1 is 0.600 bits per heavy atom. The molecular weight excluding hydrogens is 707 g/mol. The Morgan fingerprint density at radius 3 is 1.49 bits per heavy atom. The molecule has 5 N–H and O–H groups in total. The minimum atomic E-state index is -4.34. The fraction of sp³-hybridized carbons (Fsp3) is 0.804. The quantitative estimate of drug-likeness (QED) is 0.0275. The van der Waals surface area contributed by atoms with Gasteiger partial charge in [-0.1, -0.05) is 191 Å². The highest BCUT2D eigenvalue weighted by molar-refractivity contribution is 7.47. The maximum absolute atomic E-state index is 12.8. The van der Waals surface area contributed by atoms with Crippen molar-refractivity contribution in [3.8, 4) is 0 Å². The zero-order valence-electron chi connectivity index (χ0n) is 35.7. The van der Waals surface area contributed by atoms with Crippen molar-refractivity contribution in [1.29, 1.82) is 0 Å². The van der Waals surface area contributed by atoms with E-state index >= 15 is 0 Å². The van der Waals surface area contributed by atoms with Crippen LogP contribution in [0.2, 0.25) is 0 Å². The van der Waals surface area contributed by atoms with Crippen molar-refractivity contribution < 1.29 is 28.4 Å². The van der Waals surface area contributed by atoms with E-state index in [9.17, 15) is 19.4 Å². The monoisotopic (exact) mass is 795 g/mol. The lowest BCUT2D eigenvalue weighted by atomic mass is 10.0. The molecule has 3 atom stereocenters. The summed E-state index contributed by atoms with van der Waals surface area (Å²) in [5.74, 6) is -0.207. The highest BCUT2D eigenvalue weighted by Gasteiger charge is 2.26. The third-order valence-electron chi connectivity index (χ3n) is 9.90. The summed E-state index contributed by atoms with van der Waals surface area (Å²) in [6.45, 7) is 4.10. The number of carbonyl (C=O) groups excluding carboxylic acids is 1. The number of aliphatic hydroxyl groups excluding tert-OH is 1. The lowest BCUT2D eigenvalue weighted by Gasteiger charge is -2.23. The Kier molecular flexibility index (Phi) is 40.9. The van der Waals surface area contributed by atoms with Crippen LogP contribution in [0, 0.1) is 0 Å². The molecule has 55 heavy (non-hydrogen) atoms. The van der Waals surface area contributed by atoms with Gasteiger partial charge in [0, 0.05) is 13.0 Å². The summed E-state index contributed by atoms with van der Waals surface area (Å²) in [5.41, 5.74) is 5.38. The summed E-state index contributed by atoms with van der Waals surface area (Å²) in [6.07, 6.45) is 51.5. The molecule has 0 saturated heterocycles. The first-order valence-electron chi connectivity index (χ1n) is 22.8. The van der Waals surface area contributed by atoms with Crippen molar-refractivity contribution in [2.24, 2.45) is 5.73 Å². The van der Waals surface area contributed by atoms with Gasteiger partial charge in [0.15, 0.2) is 0 Å². The van der Waals surface area contributed by atoms with E-state index in [4.69, 9.17) is 14.8 Å². The molecule has 0 bridgehead atoms. The Bertz CT molecular complexity index is 1000. The number of aliphatic hydroxyl groups is 1. The molecule has 0 aromatic carbocycles. The fourth-order valence-corrected chi connectivity index (χ4v) is 7.19. The van der Waals surface area contributed by atoms with E-state index in [0.29, 0.717) is 6.42 Å². The van der Waals surface area contributed by atoms with Crippen molar-refractivity contribution in [2.75, 3.05) is 19.8 Å². The predicted molar refractivity (Wildman–Crippen MR) is 235 cm³/mol. The standard InChI is InChI=1S/C46H87N2O6P/c1-3-5-7-9-11-13-15-17-19-21-22-24-26-28-30-32-34-36-38-40-46(50)48-44(43-54-55(51,52)53-42-41-47)45(49)39-37-35-33-31-29-27-25-23-20-18-16-14-12-10-8-6-4-2/h11,13,17,19,22,24,37,39,44-45,49H,3-10,12,14-16,18,20-21,23,25-36,38,40-43,47H2,1-2H3,(H,48,50)(H,51,52)/b13-11-,19-17-,24-22-,39-37+. The summed E-state index contributed by atoms with van der Waals surface area (Å²) < 4.78 is 22.1. The molecule has 0 aliphatic rings. The molecule has 8 nitrogen and oxygen atoms in total. The van der Waals surface area contributed by atoms with Crippen molar-refractivity contribution in [1.82, 2.24) is 5.32 Å². The predicted octanol–water partition coefficient (Wildman–Crippen LogP) is 12.9. The van der Waals surface area contributed by atoms with Gasteiger partial charge in [0.25, 0.3) is 0 Å². The zero-order valence-corrected chi connectivity index (χ0v) is 36.6. The summed E-state index contributed by atoms with van der Waals surface area (Å²) >= 11 is 0. The number of rotatable bonds is 42. The van der Waals surface area contributed by atoms with E-state index in [0.717, 1.165) is 64.2 Å². The molecule has 0 aliphatic heterocycles. The fourth-order valence-electron chi connectivity index (χ4n) is 6.43. The van der Waals surface area contributed by atoms with Gasteiger partial charge >= 0.3 is 7.82 Å². The maximum atomic E-state index is 12.8. The number of hydrogen-bond acceptors (Lipinski definition) is 6. The second kappa shape index (κ2) is 42.1. The van der Waals surface area contributed by atoms with Crippen LogP contribution in [-0.2, 0) is 18.4 Å². The molecule has 0 saturated carbocycles. The highest BCUT2D eigenvalue weighted by atomic mass is 31.2. The van der Waals surface area contributed by atoms with Crippen molar-refractivity contribution in [3.05, 3.63) is 48.6 Å². The molecule has 0 aromatic heterocycles. The average Bonchev–Trinajstić information content (AvgIpc) is 3.17. The van der Waals surface area contributed by atoms with Crippen LogP contribution >= 0.6 is 7.82 Å². The Labute approximate surface area is 339 Å². The average molecular weight is 795 g/mol. The molecule has 0 radical (unpaired) electrons. The summed E-state index contributed by atoms with van der Waals surface area (Å²) in [6, 6.07) is -0.868.